The first-order valence-corrected chi connectivity index (χ1v) is 13.5. The summed E-state index contributed by atoms with van der Waals surface area (Å²) in [4.78, 5) is 14.4. The van der Waals surface area contributed by atoms with Gasteiger partial charge in [0, 0.05) is 23.1 Å². The topological polar surface area (TPSA) is 52.2 Å². The minimum absolute atomic E-state index is 0.0971. The molecule has 1 saturated carbocycles. The van der Waals surface area contributed by atoms with Crippen molar-refractivity contribution in [3.05, 3.63) is 81.6 Å². The summed E-state index contributed by atoms with van der Waals surface area (Å²) >= 11 is 1.70. The SMILES string of the molecule is CCSc1nnc2n(CCc3ccccc3)c(=O)c3c(n12)-c1ccccc1CC31CCCCC1. The second-order valence-corrected chi connectivity index (χ2v) is 10.9. The highest BCUT2D eigenvalue weighted by atomic mass is 32.2. The van der Waals surface area contributed by atoms with Crippen LogP contribution < -0.4 is 5.56 Å². The van der Waals surface area contributed by atoms with E-state index in [0.717, 1.165) is 47.8 Å². The van der Waals surface area contributed by atoms with E-state index in [2.05, 4.69) is 70.1 Å². The van der Waals surface area contributed by atoms with Crippen LogP contribution in [-0.2, 0) is 24.8 Å². The maximum absolute atomic E-state index is 14.4. The molecule has 0 unspecified atom stereocenters. The second kappa shape index (κ2) is 8.73. The van der Waals surface area contributed by atoms with Crippen LogP contribution in [0.1, 0.15) is 55.7 Å². The van der Waals surface area contributed by atoms with Crippen LogP contribution in [-0.4, -0.2) is 24.9 Å². The number of hydrogen-bond donors (Lipinski definition) is 0. The van der Waals surface area contributed by atoms with E-state index in [9.17, 15) is 4.79 Å². The van der Waals surface area contributed by atoms with Crippen molar-refractivity contribution < 1.29 is 0 Å². The fraction of sp³-hybridized carbons (Fsp3) is 0.393. The Hall–Kier alpha value is -2.86. The van der Waals surface area contributed by atoms with Gasteiger partial charge in [-0.1, -0.05) is 92.5 Å². The predicted octanol–water partition coefficient (Wildman–Crippen LogP) is 5.67. The van der Waals surface area contributed by atoms with Crippen molar-refractivity contribution in [3.8, 4) is 11.3 Å². The van der Waals surface area contributed by atoms with E-state index in [-0.39, 0.29) is 11.0 Å². The standard InChI is InChI=1S/C28H30N4OS/c1-2-34-27-30-29-26-31(18-15-20-11-5-3-6-12-20)25(33)23-24(32(26)27)22-14-8-7-13-21(22)19-28(23)16-9-4-10-17-28/h3,5-8,11-14H,2,4,9-10,15-19H2,1H3. The summed E-state index contributed by atoms with van der Waals surface area (Å²) in [5.74, 6) is 1.57. The van der Waals surface area contributed by atoms with Crippen LogP contribution in [0.5, 0.6) is 0 Å². The number of hydrogen-bond acceptors (Lipinski definition) is 4. The molecule has 174 valence electrons. The molecule has 2 aliphatic carbocycles. The van der Waals surface area contributed by atoms with Gasteiger partial charge in [0.25, 0.3) is 5.56 Å². The maximum atomic E-state index is 14.4. The fourth-order valence-corrected chi connectivity index (χ4v) is 6.79. The largest absolute Gasteiger partial charge is 0.276 e. The first-order chi connectivity index (χ1) is 16.7. The molecule has 2 aromatic heterocycles. The first-order valence-electron chi connectivity index (χ1n) is 12.5. The minimum atomic E-state index is -0.0971. The van der Waals surface area contributed by atoms with E-state index in [4.69, 9.17) is 0 Å². The number of nitrogens with zero attached hydrogens (tertiary/aromatic N) is 4. The molecule has 5 nitrogen and oxygen atoms in total. The van der Waals surface area contributed by atoms with Crippen LogP contribution in [0.15, 0.2) is 64.5 Å². The average Bonchev–Trinajstić information content (AvgIpc) is 3.28. The predicted molar refractivity (Wildman–Crippen MR) is 138 cm³/mol. The van der Waals surface area contributed by atoms with Crippen LogP contribution in [0.4, 0.5) is 0 Å². The number of aromatic nitrogens is 4. The zero-order chi connectivity index (χ0) is 23.1. The molecule has 0 radical (unpaired) electrons. The van der Waals surface area contributed by atoms with Crippen molar-refractivity contribution >= 4 is 17.5 Å². The van der Waals surface area contributed by atoms with Crippen LogP contribution in [0.3, 0.4) is 0 Å². The number of fused-ring (bicyclic) bond motifs is 6. The molecule has 0 N–H and O–H groups in total. The van der Waals surface area contributed by atoms with Gasteiger partial charge in [-0.05, 0) is 42.6 Å². The van der Waals surface area contributed by atoms with E-state index in [1.807, 2.05) is 10.6 Å². The van der Waals surface area contributed by atoms with Crippen molar-refractivity contribution in [2.75, 3.05) is 5.75 Å². The highest BCUT2D eigenvalue weighted by molar-refractivity contribution is 7.99. The van der Waals surface area contributed by atoms with Gasteiger partial charge in [-0.2, -0.15) is 0 Å². The summed E-state index contributed by atoms with van der Waals surface area (Å²) < 4.78 is 4.10. The van der Waals surface area contributed by atoms with E-state index in [1.54, 1.807) is 11.8 Å². The van der Waals surface area contributed by atoms with Crippen molar-refractivity contribution in [1.29, 1.82) is 0 Å². The first kappa shape index (κ1) is 21.7. The number of benzene rings is 2. The highest BCUT2D eigenvalue weighted by Gasteiger charge is 2.44. The van der Waals surface area contributed by atoms with Gasteiger partial charge in [-0.15, -0.1) is 10.2 Å². The normalized spacial score (nSPS) is 16.5. The molecular weight excluding hydrogens is 440 g/mol. The highest BCUT2D eigenvalue weighted by Crippen LogP contribution is 2.49. The van der Waals surface area contributed by atoms with Crippen molar-refractivity contribution in [2.45, 2.75) is 69.0 Å². The van der Waals surface area contributed by atoms with Crippen LogP contribution in [0, 0.1) is 0 Å². The Bertz CT molecular complexity index is 1400. The Morgan fingerprint density at radius 3 is 2.53 bits per heavy atom. The summed E-state index contributed by atoms with van der Waals surface area (Å²) in [6.45, 7) is 2.74. The van der Waals surface area contributed by atoms with Gasteiger partial charge >= 0.3 is 0 Å². The third-order valence-corrected chi connectivity index (χ3v) is 8.47. The van der Waals surface area contributed by atoms with Gasteiger partial charge < -0.3 is 0 Å². The molecule has 0 aliphatic heterocycles. The zero-order valence-corrected chi connectivity index (χ0v) is 20.5. The van der Waals surface area contributed by atoms with Crippen molar-refractivity contribution in [3.63, 3.8) is 0 Å². The monoisotopic (exact) mass is 470 g/mol. The Balaban J connectivity index is 1.64. The lowest BCUT2D eigenvalue weighted by molar-refractivity contribution is 0.283. The van der Waals surface area contributed by atoms with Crippen LogP contribution in [0.25, 0.3) is 17.0 Å². The fourth-order valence-electron chi connectivity index (χ4n) is 6.13. The second-order valence-electron chi connectivity index (χ2n) is 9.64. The molecule has 0 bridgehead atoms. The van der Waals surface area contributed by atoms with Crippen LogP contribution in [0.2, 0.25) is 0 Å². The Labute approximate surface area is 204 Å². The van der Waals surface area contributed by atoms with Crippen LogP contribution >= 0.6 is 11.8 Å². The third-order valence-electron chi connectivity index (χ3n) is 7.66. The molecular formula is C28H30N4OS. The minimum Gasteiger partial charge on any atom is -0.276 e. The molecule has 6 rings (SSSR count). The van der Waals surface area contributed by atoms with Crippen molar-refractivity contribution in [2.24, 2.45) is 0 Å². The lowest BCUT2D eigenvalue weighted by Crippen LogP contribution is -2.43. The summed E-state index contributed by atoms with van der Waals surface area (Å²) in [6, 6.07) is 19.0. The lowest BCUT2D eigenvalue weighted by Gasteiger charge is -2.42. The van der Waals surface area contributed by atoms with Gasteiger partial charge in [-0.3, -0.25) is 13.8 Å². The molecule has 2 aliphatic rings. The van der Waals surface area contributed by atoms with E-state index in [0.29, 0.717) is 12.3 Å². The summed E-state index contributed by atoms with van der Waals surface area (Å²) in [5.41, 5.74) is 5.83. The van der Waals surface area contributed by atoms with Gasteiger partial charge in [0.1, 0.15) is 0 Å². The van der Waals surface area contributed by atoms with E-state index in [1.165, 1.54) is 36.0 Å². The van der Waals surface area contributed by atoms with Gasteiger partial charge in [-0.25, -0.2) is 0 Å². The Kier molecular flexibility index (Phi) is 5.56. The lowest BCUT2D eigenvalue weighted by atomic mass is 9.62. The molecule has 1 spiro atoms. The summed E-state index contributed by atoms with van der Waals surface area (Å²) in [6.07, 6.45) is 7.52. The van der Waals surface area contributed by atoms with Gasteiger partial charge in [0.2, 0.25) is 5.78 Å². The zero-order valence-electron chi connectivity index (χ0n) is 19.7. The van der Waals surface area contributed by atoms with E-state index >= 15 is 0 Å². The smallest absolute Gasteiger partial charge is 0.259 e. The van der Waals surface area contributed by atoms with Crippen molar-refractivity contribution in [1.82, 2.24) is 19.2 Å². The quantitative estimate of drug-likeness (QED) is 0.353. The van der Waals surface area contributed by atoms with Gasteiger partial charge in [0.05, 0.1) is 5.69 Å². The molecule has 0 amide bonds. The summed E-state index contributed by atoms with van der Waals surface area (Å²) in [5, 5.41) is 10.0. The molecule has 1 fully saturated rings. The van der Waals surface area contributed by atoms with Gasteiger partial charge in [0.15, 0.2) is 5.16 Å². The molecule has 2 heterocycles. The Morgan fingerprint density at radius 1 is 0.971 bits per heavy atom. The Morgan fingerprint density at radius 2 is 1.74 bits per heavy atom. The average molecular weight is 471 g/mol. The maximum Gasteiger partial charge on any atom is 0.259 e. The molecule has 2 aromatic carbocycles. The molecule has 0 atom stereocenters. The molecule has 6 heteroatoms. The molecule has 34 heavy (non-hydrogen) atoms. The summed E-state index contributed by atoms with van der Waals surface area (Å²) in [7, 11) is 0. The number of aryl methyl sites for hydroxylation is 2. The number of thioether (sulfide) groups is 1. The molecule has 4 aromatic rings. The third kappa shape index (κ3) is 3.42. The van der Waals surface area contributed by atoms with E-state index < -0.39 is 0 Å². The number of rotatable bonds is 5. The molecule has 0 saturated heterocycles.